The van der Waals surface area contributed by atoms with E-state index in [9.17, 15) is 4.79 Å². The molecule has 0 saturated carbocycles. The molecule has 3 aliphatic rings. The number of benzene rings is 1. The van der Waals surface area contributed by atoms with Crippen LogP contribution in [0.15, 0.2) is 24.5 Å². The van der Waals surface area contributed by atoms with Crippen molar-refractivity contribution in [3.05, 3.63) is 24.5 Å². The number of hydrogen-bond donors (Lipinski definition) is 0. The van der Waals surface area contributed by atoms with Crippen LogP contribution in [-0.4, -0.2) is 97.8 Å². The van der Waals surface area contributed by atoms with E-state index in [1.165, 1.54) is 18.5 Å². The van der Waals surface area contributed by atoms with Gasteiger partial charge >= 0.3 is 0 Å². The first-order chi connectivity index (χ1) is 15.3. The van der Waals surface area contributed by atoms with Crippen molar-refractivity contribution in [3.63, 3.8) is 0 Å². The molecule has 166 valence electrons. The number of hydrogen-bond acceptors (Lipinski definition) is 7. The van der Waals surface area contributed by atoms with E-state index < -0.39 is 0 Å². The molecule has 0 unspecified atom stereocenters. The second-order valence-electron chi connectivity index (χ2n) is 8.71. The summed E-state index contributed by atoms with van der Waals surface area (Å²) in [6.45, 7) is 9.67. The zero-order valence-electron chi connectivity index (χ0n) is 18.2. The molecule has 0 atom stereocenters. The lowest BCUT2D eigenvalue weighted by Crippen LogP contribution is -2.49. The van der Waals surface area contributed by atoms with Crippen LogP contribution in [0.5, 0.6) is 0 Å². The lowest BCUT2D eigenvalue weighted by atomic mass is 10.1. The molecule has 0 radical (unpaired) electrons. The van der Waals surface area contributed by atoms with Gasteiger partial charge in [-0.3, -0.25) is 9.69 Å². The Morgan fingerprint density at radius 2 is 1.71 bits per heavy atom. The number of aromatic nitrogens is 2. The normalized spacial score (nSPS) is 21.2. The number of nitrogens with zero attached hydrogens (tertiary/aromatic N) is 6. The van der Waals surface area contributed by atoms with Crippen molar-refractivity contribution in [1.29, 1.82) is 0 Å². The van der Waals surface area contributed by atoms with E-state index in [-0.39, 0.29) is 12.5 Å². The number of carbonyl (C=O) groups excluding carboxylic acids is 1. The molecule has 3 saturated heterocycles. The molecule has 0 bridgehead atoms. The van der Waals surface area contributed by atoms with Crippen molar-refractivity contribution in [2.45, 2.75) is 19.3 Å². The van der Waals surface area contributed by atoms with Crippen LogP contribution < -0.4 is 9.80 Å². The minimum atomic E-state index is 0.128. The topological polar surface area (TPSA) is 65.0 Å². The fourth-order valence-electron chi connectivity index (χ4n) is 4.87. The number of piperazine rings is 1. The van der Waals surface area contributed by atoms with Gasteiger partial charge in [0.15, 0.2) is 0 Å². The Hall–Kier alpha value is -2.45. The Morgan fingerprint density at radius 1 is 0.871 bits per heavy atom. The highest BCUT2D eigenvalue weighted by Gasteiger charge is 2.22. The highest BCUT2D eigenvalue weighted by Crippen LogP contribution is 2.29. The van der Waals surface area contributed by atoms with E-state index in [2.05, 4.69) is 42.9 Å². The molecule has 1 amide bonds. The van der Waals surface area contributed by atoms with Crippen molar-refractivity contribution in [1.82, 2.24) is 19.8 Å². The highest BCUT2D eigenvalue weighted by atomic mass is 16.5. The van der Waals surface area contributed by atoms with Crippen LogP contribution in [0.3, 0.4) is 0 Å². The largest absolute Gasteiger partial charge is 0.372 e. The van der Waals surface area contributed by atoms with Crippen LogP contribution in [0.1, 0.15) is 19.3 Å². The van der Waals surface area contributed by atoms with Gasteiger partial charge in [0.2, 0.25) is 5.91 Å². The number of carbonyl (C=O) groups is 1. The average Bonchev–Trinajstić information content (AvgIpc) is 3.27. The minimum absolute atomic E-state index is 0.128. The minimum Gasteiger partial charge on any atom is -0.372 e. The van der Waals surface area contributed by atoms with Crippen molar-refractivity contribution >= 4 is 28.3 Å². The number of rotatable bonds is 5. The van der Waals surface area contributed by atoms with E-state index in [1.807, 2.05) is 4.90 Å². The number of anilines is 2. The maximum absolute atomic E-state index is 12.1. The van der Waals surface area contributed by atoms with Crippen molar-refractivity contribution in [2.75, 3.05) is 81.9 Å². The van der Waals surface area contributed by atoms with E-state index in [0.29, 0.717) is 6.61 Å². The van der Waals surface area contributed by atoms with Gasteiger partial charge in [-0.2, -0.15) is 0 Å². The summed E-state index contributed by atoms with van der Waals surface area (Å²) < 4.78 is 5.34. The quantitative estimate of drug-likeness (QED) is 0.722. The van der Waals surface area contributed by atoms with E-state index in [1.54, 1.807) is 6.33 Å². The van der Waals surface area contributed by atoms with Gasteiger partial charge in [-0.1, -0.05) is 0 Å². The van der Waals surface area contributed by atoms with E-state index in [0.717, 1.165) is 82.0 Å². The summed E-state index contributed by atoms with van der Waals surface area (Å²) in [7, 11) is 0. The van der Waals surface area contributed by atoms with Crippen LogP contribution in [0.25, 0.3) is 10.9 Å². The standard InChI is InChI=1S/C23H32N6O2/c30-22-17-31-15-3-8-28(22)14-11-26-9-12-27(13-10-26)19-4-5-21-20(16-19)23(25-18-24-21)29-6-1-2-7-29/h4-5,16,18H,1-3,6-15,17H2. The summed E-state index contributed by atoms with van der Waals surface area (Å²) in [5, 5.41) is 1.16. The first-order valence-corrected chi connectivity index (χ1v) is 11.6. The Bertz CT molecular complexity index is 908. The van der Waals surface area contributed by atoms with Gasteiger partial charge in [-0.25, -0.2) is 9.97 Å². The molecule has 5 rings (SSSR count). The van der Waals surface area contributed by atoms with Crippen molar-refractivity contribution < 1.29 is 9.53 Å². The summed E-state index contributed by atoms with van der Waals surface area (Å²) >= 11 is 0. The van der Waals surface area contributed by atoms with Crippen LogP contribution in [0.4, 0.5) is 11.5 Å². The number of fused-ring (bicyclic) bond motifs is 1. The zero-order chi connectivity index (χ0) is 21.0. The maximum Gasteiger partial charge on any atom is 0.248 e. The third-order valence-corrected chi connectivity index (χ3v) is 6.72. The molecule has 8 heteroatoms. The lowest BCUT2D eigenvalue weighted by molar-refractivity contribution is -0.134. The van der Waals surface area contributed by atoms with Crippen LogP contribution in [0.2, 0.25) is 0 Å². The van der Waals surface area contributed by atoms with Gasteiger partial charge < -0.3 is 19.4 Å². The van der Waals surface area contributed by atoms with Gasteiger partial charge in [0, 0.05) is 76.6 Å². The predicted octanol–water partition coefficient (Wildman–Crippen LogP) is 1.60. The SMILES string of the molecule is O=C1COCCCN1CCN1CCN(c2ccc3ncnc(N4CCCC4)c3c2)CC1. The Kier molecular flexibility index (Phi) is 6.18. The summed E-state index contributed by atoms with van der Waals surface area (Å²) in [6, 6.07) is 6.59. The van der Waals surface area contributed by atoms with Crippen molar-refractivity contribution in [3.8, 4) is 0 Å². The fourth-order valence-corrected chi connectivity index (χ4v) is 4.87. The smallest absolute Gasteiger partial charge is 0.248 e. The molecule has 0 N–H and O–H groups in total. The van der Waals surface area contributed by atoms with Gasteiger partial charge in [-0.15, -0.1) is 0 Å². The Morgan fingerprint density at radius 3 is 2.55 bits per heavy atom. The van der Waals surface area contributed by atoms with E-state index in [4.69, 9.17) is 4.74 Å². The molecule has 4 heterocycles. The molecule has 3 aliphatic heterocycles. The second kappa shape index (κ2) is 9.36. The molecular weight excluding hydrogens is 392 g/mol. The summed E-state index contributed by atoms with van der Waals surface area (Å²) in [4.78, 5) is 30.5. The summed E-state index contributed by atoms with van der Waals surface area (Å²) in [5.41, 5.74) is 2.27. The fraction of sp³-hybridized carbons (Fsp3) is 0.609. The molecule has 2 aromatic rings. The first-order valence-electron chi connectivity index (χ1n) is 11.6. The van der Waals surface area contributed by atoms with E-state index >= 15 is 0 Å². The molecule has 1 aromatic heterocycles. The highest BCUT2D eigenvalue weighted by molar-refractivity contribution is 5.92. The number of amides is 1. The third-order valence-electron chi connectivity index (χ3n) is 6.72. The van der Waals surface area contributed by atoms with Crippen LogP contribution >= 0.6 is 0 Å². The van der Waals surface area contributed by atoms with Crippen molar-refractivity contribution in [2.24, 2.45) is 0 Å². The molecule has 0 aliphatic carbocycles. The Balaban J connectivity index is 1.21. The molecule has 8 nitrogen and oxygen atoms in total. The third kappa shape index (κ3) is 4.60. The van der Waals surface area contributed by atoms with Gasteiger partial charge in [-0.05, 0) is 37.5 Å². The maximum atomic E-state index is 12.1. The zero-order valence-corrected chi connectivity index (χ0v) is 18.2. The van der Waals surface area contributed by atoms with Gasteiger partial charge in [0.1, 0.15) is 18.8 Å². The molecule has 1 aromatic carbocycles. The second-order valence-corrected chi connectivity index (χ2v) is 8.71. The summed E-state index contributed by atoms with van der Waals surface area (Å²) in [6.07, 6.45) is 5.10. The van der Waals surface area contributed by atoms with Crippen LogP contribution in [-0.2, 0) is 9.53 Å². The molecular formula is C23H32N6O2. The van der Waals surface area contributed by atoms with Gasteiger partial charge in [0.05, 0.1) is 5.52 Å². The number of ether oxygens (including phenoxy) is 1. The molecule has 3 fully saturated rings. The predicted molar refractivity (Wildman–Crippen MR) is 122 cm³/mol. The average molecular weight is 425 g/mol. The monoisotopic (exact) mass is 424 g/mol. The summed E-state index contributed by atoms with van der Waals surface area (Å²) in [5.74, 6) is 1.21. The first kappa shape index (κ1) is 20.5. The Labute approximate surface area is 183 Å². The lowest BCUT2D eigenvalue weighted by Gasteiger charge is -2.37. The van der Waals surface area contributed by atoms with Crippen LogP contribution in [0, 0.1) is 0 Å². The molecule has 31 heavy (non-hydrogen) atoms. The molecule has 0 spiro atoms. The van der Waals surface area contributed by atoms with Gasteiger partial charge in [0.25, 0.3) is 0 Å².